The van der Waals surface area contributed by atoms with Gasteiger partial charge in [0.25, 0.3) is 0 Å². The fraction of sp³-hybridized carbons (Fsp3) is 0.667. The van der Waals surface area contributed by atoms with Crippen molar-refractivity contribution < 1.29 is 15.3 Å². The second kappa shape index (κ2) is 5.64. The lowest BCUT2D eigenvalue weighted by Gasteiger charge is -2.28. The number of aliphatic hydroxyl groups is 3. The Morgan fingerprint density at radius 2 is 1.71 bits per heavy atom. The van der Waals surface area contributed by atoms with E-state index in [4.69, 9.17) is 0 Å². The van der Waals surface area contributed by atoms with E-state index in [9.17, 15) is 15.3 Å². The van der Waals surface area contributed by atoms with E-state index in [-0.39, 0.29) is 19.8 Å². The van der Waals surface area contributed by atoms with Gasteiger partial charge in [0, 0.05) is 25.0 Å². The van der Waals surface area contributed by atoms with Gasteiger partial charge in [-0.1, -0.05) is 0 Å². The highest BCUT2D eigenvalue weighted by atomic mass is 16.3. The van der Waals surface area contributed by atoms with Crippen LogP contribution in [0.2, 0.25) is 0 Å². The number of rotatable bonds is 6. The normalized spacial score (nSPS) is 12.1. The first-order valence-electron chi connectivity index (χ1n) is 5.69. The largest absolute Gasteiger partial charge is 0.394 e. The third kappa shape index (κ3) is 2.87. The smallest absolute Gasteiger partial charge is 0.0884 e. The van der Waals surface area contributed by atoms with Gasteiger partial charge in [-0.15, -0.1) is 0 Å². The molecule has 0 fully saturated rings. The molecule has 0 saturated heterocycles. The molecule has 4 N–H and O–H groups in total. The summed E-state index contributed by atoms with van der Waals surface area (Å²) in [6.07, 6.45) is 0. The minimum Gasteiger partial charge on any atom is -0.394 e. The molecule has 0 aliphatic heterocycles. The highest BCUT2D eigenvalue weighted by Gasteiger charge is 2.27. The molecule has 1 aromatic heterocycles. The Morgan fingerprint density at radius 3 is 2.06 bits per heavy atom. The lowest BCUT2D eigenvalue weighted by atomic mass is 10.0. The molecule has 5 heteroatoms. The van der Waals surface area contributed by atoms with Crippen LogP contribution in [-0.2, 0) is 13.6 Å². The van der Waals surface area contributed by atoms with Gasteiger partial charge in [-0.25, -0.2) is 0 Å². The summed E-state index contributed by atoms with van der Waals surface area (Å²) in [5.41, 5.74) is 2.38. The highest BCUT2D eigenvalue weighted by molar-refractivity contribution is 5.26. The number of aromatic nitrogens is 1. The van der Waals surface area contributed by atoms with Crippen LogP contribution < -0.4 is 5.32 Å². The lowest BCUT2D eigenvalue weighted by molar-refractivity contribution is 0.0413. The number of nitrogens with one attached hydrogen (secondary N) is 1. The SMILES string of the molecule is Cc1cc(CNC(CO)(CO)CO)c(C)n1C. The molecular weight excluding hydrogens is 220 g/mol. The predicted molar refractivity (Wildman–Crippen MR) is 65.7 cm³/mol. The molecule has 0 atom stereocenters. The molecule has 0 aliphatic carbocycles. The number of hydrogen-bond acceptors (Lipinski definition) is 4. The van der Waals surface area contributed by atoms with E-state index in [2.05, 4.69) is 16.0 Å². The highest BCUT2D eigenvalue weighted by Crippen LogP contribution is 2.14. The standard InChI is InChI=1S/C12H22N2O3/c1-9-4-11(10(2)14(9)3)5-13-12(6-15,7-16)8-17/h4,13,15-17H,5-8H2,1-3H3. The van der Waals surface area contributed by atoms with Gasteiger partial charge in [0.2, 0.25) is 0 Å². The van der Waals surface area contributed by atoms with Crippen LogP contribution in [0.4, 0.5) is 0 Å². The van der Waals surface area contributed by atoms with Gasteiger partial charge in [-0.2, -0.15) is 0 Å². The van der Waals surface area contributed by atoms with Gasteiger partial charge >= 0.3 is 0 Å². The molecule has 0 amide bonds. The summed E-state index contributed by atoms with van der Waals surface area (Å²) >= 11 is 0. The maximum atomic E-state index is 9.20. The van der Waals surface area contributed by atoms with Crippen LogP contribution in [0.25, 0.3) is 0 Å². The zero-order chi connectivity index (χ0) is 13.1. The molecule has 0 radical (unpaired) electrons. The average molecular weight is 242 g/mol. The van der Waals surface area contributed by atoms with E-state index in [1.807, 2.05) is 20.9 Å². The zero-order valence-corrected chi connectivity index (χ0v) is 10.7. The molecule has 98 valence electrons. The first-order valence-corrected chi connectivity index (χ1v) is 5.69. The lowest BCUT2D eigenvalue weighted by Crippen LogP contribution is -2.54. The van der Waals surface area contributed by atoms with Crippen molar-refractivity contribution in [2.24, 2.45) is 7.05 Å². The maximum absolute atomic E-state index is 9.20. The first-order chi connectivity index (χ1) is 7.99. The Morgan fingerprint density at radius 1 is 1.18 bits per heavy atom. The van der Waals surface area contributed by atoms with Crippen LogP contribution in [0, 0.1) is 13.8 Å². The van der Waals surface area contributed by atoms with Gasteiger partial charge in [-0.05, 0) is 25.5 Å². The number of aryl methyl sites for hydroxylation is 1. The van der Waals surface area contributed by atoms with E-state index >= 15 is 0 Å². The van der Waals surface area contributed by atoms with Crippen LogP contribution in [-0.4, -0.2) is 45.2 Å². The van der Waals surface area contributed by atoms with Crippen molar-refractivity contribution in [1.29, 1.82) is 0 Å². The molecule has 5 nitrogen and oxygen atoms in total. The molecule has 1 heterocycles. The minimum absolute atomic E-state index is 0.301. The summed E-state index contributed by atoms with van der Waals surface area (Å²) < 4.78 is 2.08. The van der Waals surface area contributed by atoms with Gasteiger partial charge in [0.15, 0.2) is 0 Å². The van der Waals surface area contributed by atoms with Gasteiger partial charge in [0.1, 0.15) is 0 Å². The monoisotopic (exact) mass is 242 g/mol. The van der Waals surface area contributed by atoms with E-state index < -0.39 is 5.54 Å². The molecule has 0 aliphatic rings. The van der Waals surface area contributed by atoms with Crippen molar-refractivity contribution in [2.45, 2.75) is 25.9 Å². The minimum atomic E-state index is -1.02. The van der Waals surface area contributed by atoms with Crippen LogP contribution >= 0.6 is 0 Å². The first kappa shape index (κ1) is 14.2. The third-order valence-electron chi connectivity index (χ3n) is 3.44. The van der Waals surface area contributed by atoms with E-state index in [1.54, 1.807) is 0 Å². The van der Waals surface area contributed by atoms with E-state index in [1.165, 1.54) is 0 Å². The summed E-state index contributed by atoms with van der Waals surface area (Å²) in [5, 5.41) is 30.6. The maximum Gasteiger partial charge on any atom is 0.0884 e. The third-order valence-corrected chi connectivity index (χ3v) is 3.44. The Balaban J connectivity index is 2.75. The Labute approximate surface area is 102 Å². The fourth-order valence-corrected chi connectivity index (χ4v) is 1.71. The van der Waals surface area contributed by atoms with Gasteiger partial charge in [-0.3, -0.25) is 0 Å². The summed E-state index contributed by atoms with van der Waals surface area (Å²) in [7, 11) is 1.99. The van der Waals surface area contributed by atoms with Crippen LogP contribution in [0.5, 0.6) is 0 Å². The summed E-state index contributed by atoms with van der Waals surface area (Å²) in [6.45, 7) is 3.65. The van der Waals surface area contributed by atoms with Crippen molar-refractivity contribution in [3.05, 3.63) is 23.0 Å². The Hall–Kier alpha value is -0.880. The van der Waals surface area contributed by atoms with E-state index in [0.717, 1.165) is 17.0 Å². The Kier molecular flexibility index (Phi) is 4.70. The molecule has 1 aromatic rings. The Bertz CT molecular complexity index is 362. The number of hydrogen-bond donors (Lipinski definition) is 4. The summed E-state index contributed by atoms with van der Waals surface area (Å²) in [4.78, 5) is 0. The van der Waals surface area contributed by atoms with Crippen LogP contribution in [0.3, 0.4) is 0 Å². The topological polar surface area (TPSA) is 77.7 Å². The average Bonchev–Trinajstić information content (AvgIpc) is 2.59. The zero-order valence-electron chi connectivity index (χ0n) is 10.7. The molecule has 1 rings (SSSR count). The predicted octanol–water partition coefficient (Wildman–Crippen LogP) is -0.553. The fourth-order valence-electron chi connectivity index (χ4n) is 1.71. The molecule has 0 unspecified atom stereocenters. The van der Waals surface area contributed by atoms with Gasteiger partial charge < -0.3 is 25.2 Å². The molecule has 0 saturated carbocycles. The molecule has 0 spiro atoms. The second-order valence-corrected chi connectivity index (χ2v) is 4.56. The number of nitrogens with zero attached hydrogens (tertiary/aromatic N) is 1. The quantitative estimate of drug-likeness (QED) is 0.540. The molecule has 17 heavy (non-hydrogen) atoms. The number of aliphatic hydroxyl groups excluding tert-OH is 3. The second-order valence-electron chi connectivity index (χ2n) is 4.56. The van der Waals surface area contributed by atoms with Crippen molar-refractivity contribution in [3.63, 3.8) is 0 Å². The van der Waals surface area contributed by atoms with Crippen molar-refractivity contribution in [3.8, 4) is 0 Å². The molecule has 0 bridgehead atoms. The van der Waals surface area contributed by atoms with Crippen molar-refractivity contribution in [2.75, 3.05) is 19.8 Å². The summed E-state index contributed by atoms with van der Waals surface area (Å²) in [6, 6.07) is 2.05. The van der Waals surface area contributed by atoms with Crippen LogP contribution in [0.1, 0.15) is 17.0 Å². The van der Waals surface area contributed by atoms with E-state index in [0.29, 0.717) is 6.54 Å². The van der Waals surface area contributed by atoms with Crippen LogP contribution in [0.15, 0.2) is 6.07 Å². The molecular formula is C12H22N2O3. The van der Waals surface area contributed by atoms with Gasteiger partial charge in [0.05, 0.1) is 25.4 Å². The van der Waals surface area contributed by atoms with Crippen molar-refractivity contribution in [1.82, 2.24) is 9.88 Å². The molecule has 0 aromatic carbocycles. The van der Waals surface area contributed by atoms with Crippen molar-refractivity contribution >= 4 is 0 Å². The summed E-state index contributed by atoms with van der Waals surface area (Å²) in [5.74, 6) is 0.